The van der Waals surface area contributed by atoms with Gasteiger partial charge in [0, 0.05) is 12.6 Å². The van der Waals surface area contributed by atoms with Crippen LogP contribution in [-0.2, 0) is 14.8 Å². The largest absolute Gasteiger partial charge is 0.478 e. The van der Waals surface area contributed by atoms with Gasteiger partial charge in [-0.25, -0.2) is 17.9 Å². The average molecular weight is 320 g/mol. The van der Waals surface area contributed by atoms with Gasteiger partial charge in [-0.3, -0.25) is 0 Å². The summed E-state index contributed by atoms with van der Waals surface area (Å²) >= 11 is 5.72. The molecule has 1 aromatic carbocycles. The lowest BCUT2D eigenvalue weighted by Gasteiger charge is -2.23. The normalized spacial score (nSPS) is 19.8. The van der Waals surface area contributed by atoms with Crippen LogP contribution in [0.15, 0.2) is 23.1 Å². The van der Waals surface area contributed by atoms with E-state index in [-0.39, 0.29) is 21.5 Å². The molecule has 1 heterocycles. The minimum absolute atomic E-state index is 0.00236. The summed E-state index contributed by atoms with van der Waals surface area (Å²) in [6.07, 6.45) is 1.48. The van der Waals surface area contributed by atoms with E-state index in [9.17, 15) is 13.2 Å². The minimum Gasteiger partial charge on any atom is -0.478 e. The summed E-state index contributed by atoms with van der Waals surface area (Å²) in [5.74, 6) is -1.27. The summed E-state index contributed by atoms with van der Waals surface area (Å²) in [6, 6.07) is 3.30. The number of carboxylic acids is 1. The Morgan fingerprint density at radius 1 is 1.45 bits per heavy atom. The Morgan fingerprint density at radius 2 is 2.20 bits per heavy atom. The van der Waals surface area contributed by atoms with Crippen LogP contribution in [0.5, 0.6) is 0 Å². The Kier molecular flexibility index (Phi) is 4.64. The zero-order chi connectivity index (χ0) is 14.8. The highest BCUT2D eigenvalue weighted by Gasteiger charge is 2.23. The first-order valence-electron chi connectivity index (χ1n) is 6.03. The van der Waals surface area contributed by atoms with E-state index >= 15 is 0 Å². The summed E-state index contributed by atoms with van der Waals surface area (Å²) in [4.78, 5) is 10.9. The van der Waals surface area contributed by atoms with Crippen molar-refractivity contribution in [3.63, 3.8) is 0 Å². The molecular weight excluding hydrogens is 306 g/mol. The van der Waals surface area contributed by atoms with Crippen molar-refractivity contribution in [3.05, 3.63) is 28.8 Å². The van der Waals surface area contributed by atoms with Crippen LogP contribution in [0.4, 0.5) is 0 Å². The van der Waals surface area contributed by atoms with Gasteiger partial charge in [0.2, 0.25) is 10.0 Å². The van der Waals surface area contributed by atoms with Gasteiger partial charge in [-0.15, -0.1) is 0 Å². The molecule has 1 aromatic rings. The third-order valence-electron chi connectivity index (χ3n) is 2.96. The number of hydrogen-bond donors (Lipinski definition) is 2. The summed E-state index contributed by atoms with van der Waals surface area (Å²) in [5, 5.41) is 8.96. The molecule has 1 saturated heterocycles. The molecule has 0 bridgehead atoms. The van der Waals surface area contributed by atoms with Crippen LogP contribution in [0.2, 0.25) is 5.02 Å². The van der Waals surface area contributed by atoms with Gasteiger partial charge in [0.1, 0.15) is 0 Å². The van der Waals surface area contributed by atoms with Crippen molar-refractivity contribution in [2.45, 2.75) is 23.8 Å². The highest BCUT2D eigenvalue weighted by molar-refractivity contribution is 7.89. The van der Waals surface area contributed by atoms with Crippen LogP contribution in [0.1, 0.15) is 23.2 Å². The second-order valence-electron chi connectivity index (χ2n) is 4.48. The van der Waals surface area contributed by atoms with Crippen molar-refractivity contribution in [3.8, 4) is 0 Å². The van der Waals surface area contributed by atoms with Gasteiger partial charge < -0.3 is 9.84 Å². The maximum atomic E-state index is 12.2. The summed E-state index contributed by atoms with van der Waals surface area (Å²) in [6.45, 7) is 0.945. The molecule has 6 nitrogen and oxygen atoms in total. The Morgan fingerprint density at radius 3 is 2.80 bits per heavy atom. The SMILES string of the molecule is O=C(O)c1cc(S(=O)(=O)NC2CCCOC2)ccc1Cl. The number of carboxylic acid groups (broad SMARTS) is 1. The van der Waals surface area contributed by atoms with Gasteiger partial charge in [0.05, 0.1) is 22.1 Å². The Labute approximate surface area is 121 Å². The standard InChI is InChI=1S/C12H14ClNO5S/c13-11-4-3-9(6-10(11)12(15)16)20(17,18)14-8-2-1-5-19-7-8/h3-4,6,8,14H,1-2,5,7H2,(H,15,16). The van der Waals surface area contributed by atoms with Crippen LogP contribution < -0.4 is 4.72 Å². The number of rotatable bonds is 4. The second kappa shape index (κ2) is 6.09. The quantitative estimate of drug-likeness (QED) is 0.877. The molecule has 1 unspecified atom stereocenters. The fourth-order valence-electron chi connectivity index (χ4n) is 1.96. The molecule has 1 fully saturated rings. The van der Waals surface area contributed by atoms with Crippen LogP contribution in [0.3, 0.4) is 0 Å². The lowest BCUT2D eigenvalue weighted by atomic mass is 10.1. The molecule has 0 radical (unpaired) electrons. The number of carbonyl (C=O) groups is 1. The van der Waals surface area contributed by atoms with E-state index in [0.29, 0.717) is 19.6 Å². The lowest BCUT2D eigenvalue weighted by molar-refractivity contribution is 0.0696. The lowest BCUT2D eigenvalue weighted by Crippen LogP contribution is -2.40. The number of ether oxygens (including phenoxy) is 1. The van der Waals surface area contributed by atoms with Crippen LogP contribution in [0, 0.1) is 0 Å². The van der Waals surface area contributed by atoms with Crippen molar-refractivity contribution in [1.82, 2.24) is 4.72 Å². The van der Waals surface area contributed by atoms with Crippen LogP contribution in [0.25, 0.3) is 0 Å². The molecule has 2 rings (SSSR count). The third-order valence-corrected chi connectivity index (χ3v) is 4.81. The van der Waals surface area contributed by atoms with E-state index in [1.54, 1.807) is 0 Å². The molecule has 0 aromatic heterocycles. The van der Waals surface area contributed by atoms with Gasteiger partial charge in [-0.2, -0.15) is 0 Å². The van der Waals surface area contributed by atoms with E-state index in [4.69, 9.17) is 21.4 Å². The van der Waals surface area contributed by atoms with E-state index in [2.05, 4.69) is 4.72 Å². The molecule has 110 valence electrons. The highest BCUT2D eigenvalue weighted by atomic mass is 35.5. The number of halogens is 1. The minimum atomic E-state index is -3.78. The molecule has 1 aliphatic rings. The molecule has 20 heavy (non-hydrogen) atoms. The number of sulfonamides is 1. The molecule has 1 atom stereocenters. The number of nitrogens with one attached hydrogen (secondary N) is 1. The molecular formula is C12H14ClNO5S. The van der Waals surface area contributed by atoms with E-state index in [1.807, 2.05) is 0 Å². The van der Waals surface area contributed by atoms with Gasteiger partial charge in [0.25, 0.3) is 0 Å². The van der Waals surface area contributed by atoms with Crippen LogP contribution >= 0.6 is 11.6 Å². The number of aromatic carboxylic acids is 1. The molecule has 0 amide bonds. The summed E-state index contributed by atoms with van der Waals surface area (Å²) in [7, 11) is -3.78. The van der Waals surface area contributed by atoms with Crippen molar-refractivity contribution >= 4 is 27.6 Å². The van der Waals surface area contributed by atoms with E-state index < -0.39 is 16.0 Å². The average Bonchev–Trinajstić information content (AvgIpc) is 2.39. The van der Waals surface area contributed by atoms with Crippen molar-refractivity contribution in [2.75, 3.05) is 13.2 Å². The Hall–Kier alpha value is -1.15. The molecule has 2 N–H and O–H groups in total. The van der Waals surface area contributed by atoms with E-state index in [1.165, 1.54) is 12.1 Å². The molecule has 8 heteroatoms. The first-order valence-corrected chi connectivity index (χ1v) is 7.89. The van der Waals surface area contributed by atoms with Crippen molar-refractivity contribution in [1.29, 1.82) is 0 Å². The van der Waals surface area contributed by atoms with Gasteiger partial charge in [-0.05, 0) is 31.0 Å². The number of benzene rings is 1. The highest BCUT2D eigenvalue weighted by Crippen LogP contribution is 2.21. The molecule has 0 spiro atoms. The third kappa shape index (κ3) is 3.49. The fraction of sp³-hybridized carbons (Fsp3) is 0.417. The van der Waals surface area contributed by atoms with Gasteiger partial charge in [0.15, 0.2) is 0 Å². The first-order chi connectivity index (χ1) is 9.40. The maximum absolute atomic E-state index is 12.2. The van der Waals surface area contributed by atoms with Crippen LogP contribution in [-0.4, -0.2) is 38.7 Å². The maximum Gasteiger partial charge on any atom is 0.337 e. The molecule has 1 aliphatic heterocycles. The second-order valence-corrected chi connectivity index (χ2v) is 6.60. The predicted octanol–water partition coefficient (Wildman–Crippen LogP) is 1.50. The fourth-order valence-corrected chi connectivity index (χ4v) is 3.44. The van der Waals surface area contributed by atoms with Crippen molar-refractivity contribution < 1.29 is 23.1 Å². The molecule has 0 saturated carbocycles. The zero-order valence-electron chi connectivity index (χ0n) is 10.5. The van der Waals surface area contributed by atoms with Crippen molar-refractivity contribution in [2.24, 2.45) is 0 Å². The van der Waals surface area contributed by atoms with Gasteiger partial charge >= 0.3 is 5.97 Å². The predicted molar refractivity (Wildman–Crippen MR) is 72.6 cm³/mol. The summed E-state index contributed by atoms with van der Waals surface area (Å²) < 4.78 is 32.1. The zero-order valence-corrected chi connectivity index (χ0v) is 12.1. The Balaban J connectivity index is 2.24. The molecule has 0 aliphatic carbocycles. The van der Waals surface area contributed by atoms with E-state index in [0.717, 1.165) is 12.5 Å². The smallest absolute Gasteiger partial charge is 0.337 e. The first kappa shape index (κ1) is 15.2. The summed E-state index contributed by atoms with van der Waals surface area (Å²) in [5.41, 5.74) is -0.241. The Bertz CT molecular complexity index is 610. The number of hydrogen-bond acceptors (Lipinski definition) is 4. The monoisotopic (exact) mass is 319 g/mol. The topological polar surface area (TPSA) is 92.7 Å². The van der Waals surface area contributed by atoms with Gasteiger partial charge in [-0.1, -0.05) is 11.6 Å².